The summed E-state index contributed by atoms with van der Waals surface area (Å²) in [6.07, 6.45) is 0.803. The molecule has 2 heterocycles. The van der Waals surface area contributed by atoms with Crippen molar-refractivity contribution in [2.75, 3.05) is 6.54 Å². The van der Waals surface area contributed by atoms with E-state index >= 15 is 0 Å². The van der Waals surface area contributed by atoms with Crippen LogP contribution in [0.1, 0.15) is 32.4 Å². The van der Waals surface area contributed by atoms with E-state index in [1.54, 1.807) is 41.7 Å². The summed E-state index contributed by atoms with van der Waals surface area (Å²) < 4.78 is 13.4. The Morgan fingerprint density at radius 2 is 1.85 bits per heavy atom. The Balaban J connectivity index is 1.77. The van der Waals surface area contributed by atoms with Gasteiger partial charge < -0.3 is 4.90 Å². The van der Waals surface area contributed by atoms with Gasteiger partial charge in [-0.25, -0.2) is 4.39 Å². The molecule has 1 amide bonds. The van der Waals surface area contributed by atoms with Crippen molar-refractivity contribution in [3.05, 3.63) is 91.3 Å². The van der Waals surface area contributed by atoms with E-state index in [0.29, 0.717) is 22.2 Å². The summed E-state index contributed by atoms with van der Waals surface area (Å²) in [5.41, 5.74) is 2.48. The third-order valence-electron chi connectivity index (χ3n) is 4.58. The van der Waals surface area contributed by atoms with Gasteiger partial charge >= 0.3 is 0 Å². The van der Waals surface area contributed by atoms with Crippen molar-refractivity contribution in [1.82, 2.24) is 4.90 Å². The Bertz CT molecular complexity index is 970. The molecule has 0 spiro atoms. The second-order valence-corrected chi connectivity index (χ2v) is 7.95. The van der Waals surface area contributed by atoms with Gasteiger partial charge in [0.15, 0.2) is 0 Å². The largest absolute Gasteiger partial charge is 0.327 e. The van der Waals surface area contributed by atoms with Crippen LogP contribution in [0.5, 0.6) is 0 Å². The fourth-order valence-corrected chi connectivity index (χ4v) is 4.54. The standard InChI is InChI=1S/C20H14Cl2FNOS/c21-16-6-3-13(11-17(16)22)20(25)24-9-7-18-15(8-10-26-18)19(24)12-1-4-14(23)5-2-12/h1-6,8,10-11,19H,7,9H2/t19-/m1/s1. The highest BCUT2D eigenvalue weighted by molar-refractivity contribution is 7.10. The maximum Gasteiger partial charge on any atom is 0.254 e. The van der Waals surface area contributed by atoms with Crippen molar-refractivity contribution in [2.45, 2.75) is 12.5 Å². The zero-order valence-electron chi connectivity index (χ0n) is 13.6. The van der Waals surface area contributed by atoms with Crippen LogP contribution in [0.15, 0.2) is 53.9 Å². The molecule has 0 N–H and O–H groups in total. The first kappa shape index (κ1) is 17.5. The van der Waals surface area contributed by atoms with E-state index < -0.39 is 0 Å². The molecule has 132 valence electrons. The minimum absolute atomic E-state index is 0.116. The normalized spacial score (nSPS) is 16.4. The average Bonchev–Trinajstić information content (AvgIpc) is 3.12. The summed E-state index contributed by atoms with van der Waals surface area (Å²) in [6.45, 7) is 0.592. The van der Waals surface area contributed by atoms with Crippen LogP contribution in [-0.2, 0) is 6.42 Å². The van der Waals surface area contributed by atoms with Gasteiger partial charge in [0.05, 0.1) is 16.1 Å². The van der Waals surface area contributed by atoms with E-state index in [0.717, 1.165) is 17.5 Å². The quantitative estimate of drug-likeness (QED) is 0.513. The maximum atomic E-state index is 13.4. The number of hydrogen-bond donors (Lipinski definition) is 0. The van der Waals surface area contributed by atoms with Gasteiger partial charge in [-0.05, 0) is 59.3 Å². The number of nitrogens with zero attached hydrogens (tertiary/aromatic N) is 1. The van der Waals surface area contributed by atoms with Crippen LogP contribution in [0.3, 0.4) is 0 Å². The van der Waals surface area contributed by atoms with Crippen LogP contribution in [0.25, 0.3) is 0 Å². The lowest BCUT2D eigenvalue weighted by molar-refractivity contribution is 0.0696. The Hall–Kier alpha value is -1.88. The van der Waals surface area contributed by atoms with Crippen molar-refractivity contribution in [2.24, 2.45) is 0 Å². The molecule has 2 aromatic carbocycles. The van der Waals surface area contributed by atoms with Crippen LogP contribution in [0.4, 0.5) is 4.39 Å². The summed E-state index contributed by atoms with van der Waals surface area (Å²) in [7, 11) is 0. The van der Waals surface area contributed by atoms with Crippen LogP contribution >= 0.6 is 34.5 Å². The molecule has 2 nitrogen and oxygen atoms in total. The number of amides is 1. The molecule has 4 rings (SSSR count). The molecule has 0 radical (unpaired) electrons. The summed E-state index contributed by atoms with van der Waals surface area (Å²) in [5, 5.41) is 2.80. The molecule has 6 heteroatoms. The number of hydrogen-bond acceptors (Lipinski definition) is 2. The lowest BCUT2D eigenvalue weighted by Crippen LogP contribution is -2.40. The Morgan fingerprint density at radius 3 is 2.58 bits per heavy atom. The van der Waals surface area contributed by atoms with E-state index in [1.807, 2.05) is 16.3 Å². The molecule has 1 aliphatic rings. The molecule has 26 heavy (non-hydrogen) atoms. The van der Waals surface area contributed by atoms with E-state index in [4.69, 9.17) is 23.2 Å². The van der Waals surface area contributed by atoms with Gasteiger partial charge in [0.25, 0.3) is 5.91 Å². The molecule has 1 aliphatic heterocycles. The summed E-state index contributed by atoms with van der Waals surface area (Å²) in [5.74, 6) is -0.410. The predicted molar refractivity (Wildman–Crippen MR) is 104 cm³/mol. The summed E-state index contributed by atoms with van der Waals surface area (Å²) in [4.78, 5) is 16.3. The second-order valence-electron chi connectivity index (χ2n) is 6.13. The number of thiophene rings is 1. The van der Waals surface area contributed by atoms with Gasteiger partial charge in [-0.1, -0.05) is 35.3 Å². The number of carbonyl (C=O) groups is 1. The number of carbonyl (C=O) groups excluding carboxylic acids is 1. The van der Waals surface area contributed by atoms with Gasteiger partial charge in [-0.15, -0.1) is 11.3 Å². The van der Waals surface area contributed by atoms with Gasteiger partial charge in [0.2, 0.25) is 0 Å². The average molecular weight is 406 g/mol. The molecule has 0 fully saturated rings. The Labute approximate surface area is 164 Å². The van der Waals surface area contributed by atoms with Gasteiger partial charge in [-0.2, -0.15) is 0 Å². The predicted octanol–water partition coefficient (Wildman–Crippen LogP) is 5.98. The molecule has 0 bridgehead atoms. The number of benzene rings is 2. The number of fused-ring (bicyclic) bond motifs is 1. The van der Waals surface area contributed by atoms with Crippen molar-refractivity contribution >= 4 is 40.4 Å². The van der Waals surface area contributed by atoms with E-state index in [1.165, 1.54) is 17.0 Å². The lowest BCUT2D eigenvalue weighted by atomic mass is 9.92. The minimum atomic E-state index is -0.294. The van der Waals surface area contributed by atoms with Crippen molar-refractivity contribution in [1.29, 1.82) is 0 Å². The first-order chi connectivity index (χ1) is 12.5. The lowest BCUT2D eigenvalue weighted by Gasteiger charge is -2.36. The van der Waals surface area contributed by atoms with Gasteiger partial charge in [0.1, 0.15) is 5.82 Å². The van der Waals surface area contributed by atoms with E-state index in [9.17, 15) is 9.18 Å². The van der Waals surface area contributed by atoms with Crippen molar-refractivity contribution < 1.29 is 9.18 Å². The highest BCUT2D eigenvalue weighted by atomic mass is 35.5. The van der Waals surface area contributed by atoms with Crippen LogP contribution in [-0.4, -0.2) is 17.4 Å². The third kappa shape index (κ3) is 3.13. The summed E-state index contributed by atoms with van der Waals surface area (Å²) >= 11 is 13.8. The first-order valence-corrected chi connectivity index (χ1v) is 9.76. The van der Waals surface area contributed by atoms with Crippen LogP contribution in [0, 0.1) is 5.82 Å². The van der Waals surface area contributed by atoms with E-state index in [2.05, 4.69) is 0 Å². The first-order valence-electron chi connectivity index (χ1n) is 8.12. The molecule has 0 aliphatic carbocycles. The monoisotopic (exact) mass is 405 g/mol. The van der Waals surface area contributed by atoms with E-state index in [-0.39, 0.29) is 17.8 Å². The van der Waals surface area contributed by atoms with Crippen molar-refractivity contribution in [3.8, 4) is 0 Å². The van der Waals surface area contributed by atoms with Gasteiger partial charge in [-0.3, -0.25) is 4.79 Å². The molecule has 0 saturated carbocycles. The number of rotatable bonds is 2. The van der Waals surface area contributed by atoms with Gasteiger partial charge in [0, 0.05) is 17.0 Å². The molecule has 3 aromatic rings. The Kier molecular flexibility index (Phi) is 4.74. The fraction of sp³-hybridized carbons (Fsp3) is 0.150. The van der Waals surface area contributed by atoms with Crippen molar-refractivity contribution in [3.63, 3.8) is 0 Å². The third-order valence-corrected chi connectivity index (χ3v) is 6.31. The van der Waals surface area contributed by atoms with Crippen LogP contribution < -0.4 is 0 Å². The smallest absolute Gasteiger partial charge is 0.254 e. The summed E-state index contributed by atoms with van der Waals surface area (Å²) in [6, 6.07) is 13.0. The molecular formula is C20H14Cl2FNOS. The molecule has 0 unspecified atom stereocenters. The topological polar surface area (TPSA) is 20.3 Å². The zero-order valence-corrected chi connectivity index (χ0v) is 15.9. The number of halogens is 3. The molecule has 0 saturated heterocycles. The second kappa shape index (κ2) is 7.03. The SMILES string of the molecule is O=C(c1ccc(Cl)c(Cl)c1)N1CCc2sccc2[C@H]1c1ccc(F)cc1. The fourth-order valence-electron chi connectivity index (χ4n) is 3.33. The molecular weight excluding hydrogens is 392 g/mol. The molecule has 1 atom stereocenters. The highest BCUT2D eigenvalue weighted by Gasteiger charge is 2.33. The molecule has 1 aromatic heterocycles. The maximum absolute atomic E-state index is 13.4. The van der Waals surface area contributed by atoms with Crippen LogP contribution in [0.2, 0.25) is 10.0 Å². The Morgan fingerprint density at radius 1 is 1.08 bits per heavy atom. The zero-order chi connectivity index (χ0) is 18.3. The minimum Gasteiger partial charge on any atom is -0.327 e. The highest BCUT2D eigenvalue weighted by Crippen LogP contribution is 2.38.